The van der Waals surface area contributed by atoms with Gasteiger partial charge in [-0.15, -0.1) is 12.1 Å². The number of imidazole rings is 1. The normalized spacial score (nSPS) is 11.9. The fourth-order valence-electron chi connectivity index (χ4n) is 8.23. The standard InChI is InChI=1S/C35H19F3N3O.C18H24GeN.Ir/c36-35(37,38)26-19-18-25(32-30(26)31-33(42-32)24-14-5-4-12-22(24)20-39-31)34-40-27-15-7-9-17-29(27)41(34)28-16-8-6-13-23(28)21-10-2-1-3-11-21;1-14(2)11-16-12-18(15-9-7-6-8-10-15)20-13-17(16)19(3,4)5;/h1-17,19-20H;6-9,12-14H,11H2,1-5H3;/q2*-1;. The molecule has 0 spiro atoms. The molecule has 0 fully saturated rings. The van der Waals surface area contributed by atoms with E-state index in [4.69, 9.17) is 14.4 Å². The Bertz CT molecular complexity index is 3230. The third kappa shape index (κ3) is 8.62. The summed E-state index contributed by atoms with van der Waals surface area (Å²) in [5.74, 6) is 8.41. The van der Waals surface area contributed by atoms with Crippen molar-refractivity contribution in [1.82, 2.24) is 19.5 Å². The van der Waals surface area contributed by atoms with Crippen LogP contribution in [0.1, 0.15) is 25.0 Å². The molecule has 0 amide bonds. The minimum absolute atomic E-state index is 0. The van der Waals surface area contributed by atoms with Gasteiger partial charge in [-0.1, -0.05) is 90.5 Å². The molecule has 10 heteroatoms. The predicted molar refractivity (Wildman–Crippen MR) is 248 cm³/mol. The summed E-state index contributed by atoms with van der Waals surface area (Å²) in [6.45, 7) is 4.57. The van der Waals surface area contributed by atoms with Crippen molar-refractivity contribution in [3.8, 4) is 39.5 Å². The van der Waals surface area contributed by atoms with E-state index < -0.39 is 25.0 Å². The third-order valence-corrected chi connectivity index (χ3v) is 15.3. The second-order valence-corrected chi connectivity index (χ2v) is 27.5. The van der Waals surface area contributed by atoms with E-state index in [2.05, 4.69) is 66.6 Å². The van der Waals surface area contributed by atoms with Crippen molar-refractivity contribution in [2.45, 2.75) is 43.7 Å². The first kappa shape index (κ1) is 43.8. The summed E-state index contributed by atoms with van der Waals surface area (Å²) < 4.78 is 53.1. The Hall–Kier alpha value is -5.87. The van der Waals surface area contributed by atoms with E-state index in [0.717, 1.165) is 51.5 Å². The summed E-state index contributed by atoms with van der Waals surface area (Å²) in [6, 6.07) is 50.4. The number of hydrogen-bond acceptors (Lipinski definition) is 4. The van der Waals surface area contributed by atoms with Gasteiger partial charge in [-0.3, -0.25) is 9.97 Å². The van der Waals surface area contributed by atoms with Gasteiger partial charge in [0, 0.05) is 48.3 Å². The number of alkyl halides is 3. The quantitative estimate of drug-likeness (QED) is 0.118. The Balaban J connectivity index is 0.000000219. The van der Waals surface area contributed by atoms with Gasteiger partial charge in [-0.25, -0.2) is 0 Å². The van der Waals surface area contributed by atoms with Gasteiger partial charge in [0.15, 0.2) is 0 Å². The summed E-state index contributed by atoms with van der Waals surface area (Å²) in [5, 5.41) is 1.35. The van der Waals surface area contributed by atoms with Gasteiger partial charge in [-0.05, 0) is 34.7 Å². The zero-order valence-corrected chi connectivity index (χ0v) is 39.9. The van der Waals surface area contributed by atoms with Crippen molar-refractivity contribution in [2.75, 3.05) is 0 Å². The number of halogens is 3. The maximum atomic E-state index is 14.4. The van der Waals surface area contributed by atoms with Crippen molar-refractivity contribution in [3.63, 3.8) is 0 Å². The van der Waals surface area contributed by atoms with Gasteiger partial charge >= 0.3 is 132 Å². The SMILES string of the molecule is CC(C)Cc1cc(-c2[c-]cccc2)nc[c]1[Ge]([CH3])([CH3])[CH3].FC(F)(F)c1c[c-]c(-c2nc3ccccc3n2-c2ccccc2-c2ccccc2)c2oc3c4ccccc4cnc3c12.[Ir]. The molecule has 0 N–H and O–H groups in total. The van der Waals surface area contributed by atoms with Gasteiger partial charge in [0.05, 0.1) is 28.0 Å². The molecule has 0 bridgehead atoms. The molecule has 1 radical (unpaired) electrons. The number of para-hydroxylation sites is 3. The van der Waals surface area contributed by atoms with Crippen LogP contribution in [0.4, 0.5) is 13.2 Å². The molecular weight excluding hydrogens is 1030 g/mol. The van der Waals surface area contributed by atoms with Crippen LogP contribution in [0.15, 0.2) is 156 Å². The molecule has 10 rings (SSSR count). The Morgan fingerprint density at radius 1 is 0.762 bits per heavy atom. The number of hydrogen-bond donors (Lipinski definition) is 0. The molecule has 10 aromatic rings. The summed E-state index contributed by atoms with van der Waals surface area (Å²) >= 11 is -1.86. The van der Waals surface area contributed by atoms with Crippen LogP contribution in [0, 0.1) is 18.1 Å². The minimum atomic E-state index is -4.64. The number of benzene rings is 6. The van der Waals surface area contributed by atoms with Crippen LogP contribution in [0.3, 0.4) is 0 Å². The molecule has 5 nitrogen and oxygen atoms in total. The number of furan rings is 1. The molecule has 317 valence electrons. The maximum Gasteiger partial charge on any atom is 0.382 e. The van der Waals surface area contributed by atoms with Gasteiger partial charge in [0.1, 0.15) is 5.58 Å². The summed E-state index contributed by atoms with van der Waals surface area (Å²) in [4.78, 5) is 14.1. The van der Waals surface area contributed by atoms with E-state index in [9.17, 15) is 13.2 Å². The molecule has 6 aromatic carbocycles. The second-order valence-electron chi connectivity index (χ2n) is 16.9. The van der Waals surface area contributed by atoms with E-state index in [1.165, 1.54) is 5.56 Å². The number of aromatic nitrogens is 4. The fraction of sp³-hybridized carbons (Fsp3) is 0.151. The van der Waals surface area contributed by atoms with Crippen LogP contribution in [0.2, 0.25) is 17.3 Å². The van der Waals surface area contributed by atoms with E-state index in [1.54, 1.807) is 10.6 Å². The summed E-state index contributed by atoms with van der Waals surface area (Å²) in [7, 11) is 0. The Morgan fingerprint density at radius 3 is 2.22 bits per heavy atom. The van der Waals surface area contributed by atoms with E-state index in [-0.39, 0.29) is 36.6 Å². The van der Waals surface area contributed by atoms with Crippen molar-refractivity contribution in [2.24, 2.45) is 5.92 Å². The van der Waals surface area contributed by atoms with Gasteiger partial charge in [0.25, 0.3) is 0 Å². The van der Waals surface area contributed by atoms with E-state index in [0.29, 0.717) is 33.8 Å². The van der Waals surface area contributed by atoms with Crippen molar-refractivity contribution in [3.05, 3.63) is 175 Å². The van der Waals surface area contributed by atoms with Crippen molar-refractivity contribution >= 4 is 61.5 Å². The van der Waals surface area contributed by atoms with Crippen LogP contribution in [0.5, 0.6) is 0 Å². The third-order valence-electron chi connectivity index (χ3n) is 11.0. The molecule has 0 atom stereocenters. The van der Waals surface area contributed by atoms with Crippen LogP contribution in [-0.2, 0) is 32.7 Å². The first-order valence-corrected chi connectivity index (χ1v) is 28.0. The van der Waals surface area contributed by atoms with E-state index >= 15 is 0 Å². The number of pyridine rings is 2. The first-order valence-electron chi connectivity index (χ1n) is 20.7. The molecule has 0 aliphatic carbocycles. The number of nitrogens with zero attached hydrogens (tertiary/aromatic N) is 4. The average molecular weight is 1070 g/mol. The molecule has 63 heavy (non-hydrogen) atoms. The molecular formula is C53H43F3GeIrN4O-2. The second kappa shape index (κ2) is 17.7. The molecule has 4 heterocycles. The Labute approximate surface area is 380 Å². The Kier molecular flexibility index (Phi) is 12.3. The largest absolute Gasteiger partial charge is 0.498 e. The van der Waals surface area contributed by atoms with Crippen molar-refractivity contribution < 1.29 is 37.7 Å². The van der Waals surface area contributed by atoms with Crippen LogP contribution in [-0.4, -0.2) is 32.8 Å². The van der Waals surface area contributed by atoms with Gasteiger partial charge in [0.2, 0.25) is 0 Å². The molecule has 0 saturated heterocycles. The zero-order valence-electron chi connectivity index (χ0n) is 35.4. The maximum absolute atomic E-state index is 14.4. The van der Waals surface area contributed by atoms with Crippen LogP contribution < -0.4 is 4.40 Å². The number of fused-ring (bicyclic) bond motifs is 6. The molecule has 4 aromatic heterocycles. The fourth-order valence-corrected chi connectivity index (χ4v) is 11.6. The van der Waals surface area contributed by atoms with Crippen molar-refractivity contribution in [1.29, 1.82) is 0 Å². The van der Waals surface area contributed by atoms with Gasteiger partial charge < -0.3 is 8.98 Å². The number of rotatable bonds is 7. The molecule has 0 aliphatic heterocycles. The molecule has 0 saturated carbocycles. The predicted octanol–water partition coefficient (Wildman–Crippen LogP) is 13.9. The topological polar surface area (TPSA) is 56.7 Å². The average Bonchev–Trinajstić information content (AvgIpc) is 3.86. The Morgan fingerprint density at radius 2 is 1.48 bits per heavy atom. The van der Waals surface area contributed by atoms with Crippen LogP contribution in [0.25, 0.3) is 83.3 Å². The van der Waals surface area contributed by atoms with Crippen LogP contribution >= 0.6 is 0 Å². The zero-order chi connectivity index (χ0) is 43.2. The van der Waals surface area contributed by atoms with E-state index in [1.807, 2.05) is 126 Å². The monoisotopic (exact) mass is 1080 g/mol. The minimum Gasteiger partial charge on any atom is -0.498 e. The summed E-state index contributed by atoms with van der Waals surface area (Å²) in [5.41, 5.74) is 7.85. The smallest absolute Gasteiger partial charge is 0.382 e. The first-order chi connectivity index (χ1) is 29.9. The molecule has 0 aliphatic rings. The van der Waals surface area contributed by atoms with Gasteiger partial charge in [-0.2, -0.15) is 13.2 Å². The molecule has 0 unspecified atom stereocenters. The summed E-state index contributed by atoms with van der Waals surface area (Å²) in [6.07, 6.45) is 0.208.